The van der Waals surface area contributed by atoms with E-state index in [1.54, 1.807) is 6.07 Å². The molecule has 2 atom stereocenters. The predicted molar refractivity (Wildman–Crippen MR) is 42.6 cm³/mol. The van der Waals surface area contributed by atoms with Crippen LogP contribution in [0.25, 0.3) is 0 Å². The van der Waals surface area contributed by atoms with Crippen LogP contribution in [0.2, 0.25) is 0 Å². The zero-order valence-electron chi connectivity index (χ0n) is 6.55. The second kappa shape index (κ2) is 2.26. The van der Waals surface area contributed by atoms with Crippen LogP contribution in [-0.2, 0) is 0 Å². The molecule has 2 rings (SSSR count). The van der Waals surface area contributed by atoms with E-state index in [1.807, 2.05) is 0 Å². The SMILES string of the molecule is C[C@@H]1CC[C@@H]1c1cc(=O)[nH][nH]1. The molecule has 1 heterocycles. The first-order valence-corrected chi connectivity index (χ1v) is 4.05. The molecule has 0 unspecified atom stereocenters. The molecule has 2 N–H and O–H groups in total. The van der Waals surface area contributed by atoms with Gasteiger partial charge in [0.05, 0.1) is 0 Å². The molecule has 1 fully saturated rings. The quantitative estimate of drug-likeness (QED) is 0.624. The fourth-order valence-electron chi connectivity index (χ4n) is 1.68. The van der Waals surface area contributed by atoms with E-state index < -0.39 is 0 Å². The highest BCUT2D eigenvalue weighted by atomic mass is 16.1. The first kappa shape index (κ1) is 6.70. The maximum Gasteiger partial charge on any atom is 0.264 e. The summed E-state index contributed by atoms with van der Waals surface area (Å²) in [4.78, 5) is 10.8. The normalized spacial score (nSPS) is 29.9. The second-order valence-corrected chi connectivity index (χ2v) is 3.38. The molecular weight excluding hydrogens is 140 g/mol. The third-order valence-electron chi connectivity index (χ3n) is 2.64. The molecule has 1 aromatic rings. The van der Waals surface area contributed by atoms with Crippen molar-refractivity contribution in [3.8, 4) is 0 Å². The molecule has 0 aromatic carbocycles. The first-order valence-electron chi connectivity index (χ1n) is 4.05. The lowest BCUT2D eigenvalue weighted by molar-refractivity contribution is 0.274. The van der Waals surface area contributed by atoms with Crippen LogP contribution in [-0.4, -0.2) is 10.2 Å². The molecule has 0 saturated heterocycles. The van der Waals surface area contributed by atoms with Gasteiger partial charge in [0.25, 0.3) is 5.56 Å². The Hall–Kier alpha value is -0.990. The minimum absolute atomic E-state index is 0.0147. The molecule has 0 spiro atoms. The number of hydrogen-bond donors (Lipinski definition) is 2. The van der Waals surface area contributed by atoms with Gasteiger partial charge < -0.3 is 5.10 Å². The van der Waals surface area contributed by atoms with E-state index in [9.17, 15) is 4.79 Å². The van der Waals surface area contributed by atoms with Gasteiger partial charge in [-0.25, -0.2) is 0 Å². The fourth-order valence-corrected chi connectivity index (χ4v) is 1.68. The van der Waals surface area contributed by atoms with Crippen molar-refractivity contribution >= 4 is 0 Å². The minimum Gasteiger partial charge on any atom is -0.302 e. The van der Waals surface area contributed by atoms with Gasteiger partial charge >= 0.3 is 0 Å². The summed E-state index contributed by atoms with van der Waals surface area (Å²) in [7, 11) is 0. The Morgan fingerprint density at radius 3 is 2.64 bits per heavy atom. The highest BCUT2D eigenvalue weighted by Gasteiger charge is 2.29. The van der Waals surface area contributed by atoms with Gasteiger partial charge in [-0.15, -0.1) is 0 Å². The van der Waals surface area contributed by atoms with Gasteiger partial charge in [0.1, 0.15) is 0 Å². The summed E-state index contributed by atoms with van der Waals surface area (Å²) in [5, 5.41) is 5.46. The zero-order valence-corrected chi connectivity index (χ0v) is 6.55. The molecule has 0 radical (unpaired) electrons. The van der Waals surface area contributed by atoms with Crippen LogP contribution >= 0.6 is 0 Å². The van der Waals surface area contributed by atoms with Crippen LogP contribution in [0.3, 0.4) is 0 Å². The van der Waals surface area contributed by atoms with Crippen molar-refractivity contribution in [1.29, 1.82) is 0 Å². The number of nitrogens with one attached hydrogen (secondary N) is 2. The Morgan fingerprint density at radius 1 is 1.45 bits per heavy atom. The van der Waals surface area contributed by atoms with Crippen molar-refractivity contribution in [2.45, 2.75) is 25.7 Å². The lowest BCUT2D eigenvalue weighted by atomic mass is 9.73. The van der Waals surface area contributed by atoms with Crippen molar-refractivity contribution in [2.24, 2.45) is 5.92 Å². The van der Waals surface area contributed by atoms with E-state index in [2.05, 4.69) is 17.1 Å². The highest BCUT2D eigenvalue weighted by molar-refractivity contribution is 5.10. The van der Waals surface area contributed by atoms with Crippen LogP contribution in [0.4, 0.5) is 0 Å². The topological polar surface area (TPSA) is 48.6 Å². The van der Waals surface area contributed by atoms with Crippen molar-refractivity contribution in [3.05, 3.63) is 22.1 Å². The standard InChI is InChI=1S/C8H12N2O/c1-5-2-3-6(5)7-4-8(11)10-9-7/h4-6H,2-3H2,1H3,(H2,9,10,11)/t5-,6+/m1/s1. The Morgan fingerprint density at radius 2 is 2.27 bits per heavy atom. The molecule has 0 bridgehead atoms. The third kappa shape index (κ3) is 1.00. The summed E-state index contributed by atoms with van der Waals surface area (Å²) in [5.74, 6) is 1.33. The van der Waals surface area contributed by atoms with E-state index >= 15 is 0 Å². The summed E-state index contributed by atoms with van der Waals surface area (Å²) in [5.41, 5.74) is 1.06. The minimum atomic E-state index is -0.0147. The molecular formula is C8H12N2O. The maximum atomic E-state index is 10.8. The molecule has 11 heavy (non-hydrogen) atoms. The number of aromatic amines is 2. The Balaban J connectivity index is 2.23. The van der Waals surface area contributed by atoms with Crippen LogP contribution < -0.4 is 5.56 Å². The average molecular weight is 152 g/mol. The van der Waals surface area contributed by atoms with Crippen molar-refractivity contribution in [1.82, 2.24) is 10.2 Å². The monoisotopic (exact) mass is 152 g/mol. The van der Waals surface area contributed by atoms with Gasteiger partial charge in [-0.05, 0) is 18.8 Å². The van der Waals surface area contributed by atoms with Gasteiger partial charge in [-0.1, -0.05) is 6.92 Å². The van der Waals surface area contributed by atoms with E-state index in [0.717, 1.165) is 11.6 Å². The van der Waals surface area contributed by atoms with Crippen LogP contribution in [0.15, 0.2) is 10.9 Å². The lowest BCUT2D eigenvalue weighted by Gasteiger charge is -2.32. The Kier molecular flexibility index (Phi) is 1.37. The van der Waals surface area contributed by atoms with Crippen molar-refractivity contribution < 1.29 is 0 Å². The summed E-state index contributed by atoms with van der Waals surface area (Å²) in [6.07, 6.45) is 2.51. The summed E-state index contributed by atoms with van der Waals surface area (Å²) < 4.78 is 0. The predicted octanol–water partition coefficient (Wildman–Crippen LogP) is 1.22. The summed E-state index contributed by atoms with van der Waals surface area (Å²) in [6.45, 7) is 2.22. The average Bonchev–Trinajstić information content (AvgIpc) is 2.33. The first-order chi connectivity index (χ1) is 5.27. The number of H-pyrrole nitrogens is 2. The van der Waals surface area contributed by atoms with Crippen LogP contribution in [0, 0.1) is 5.92 Å². The number of rotatable bonds is 1. The summed E-state index contributed by atoms with van der Waals surface area (Å²) in [6, 6.07) is 1.67. The molecule has 3 heteroatoms. The summed E-state index contributed by atoms with van der Waals surface area (Å²) >= 11 is 0. The fraction of sp³-hybridized carbons (Fsp3) is 0.625. The number of hydrogen-bond acceptors (Lipinski definition) is 1. The lowest BCUT2D eigenvalue weighted by Crippen LogP contribution is -2.20. The van der Waals surface area contributed by atoms with Crippen molar-refractivity contribution in [3.63, 3.8) is 0 Å². The van der Waals surface area contributed by atoms with Gasteiger partial charge in [0.15, 0.2) is 0 Å². The van der Waals surface area contributed by atoms with Crippen molar-refractivity contribution in [2.75, 3.05) is 0 Å². The molecule has 0 aliphatic heterocycles. The Bertz CT molecular complexity index is 299. The van der Waals surface area contributed by atoms with E-state index in [1.165, 1.54) is 12.8 Å². The molecule has 1 aliphatic carbocycles. The third-order valence-corrected chi connectivity index (χ3v) is 2.64. The van der Waals surface area contributed by atoms with Gasteiger partial charge in [-0.2, -0.15) is 0 Å². The molecule has 1 aromatic heterocycles. The van der Waals surface area contributed by atoms with E-state index in [0.29, 0.717) is 5.92 Å². The zero-order chi connectivity index (χ0) is 7.84. The second-order valence-electron chi connectivity index (χ2n) is 3.38. The number of aromatic nitrogens is 2. The molecule has 1 aliphatic rings. The highest BCUT2D eigenvalue weighted by Crippen LogP contribution is 2.40. The molecule has 0 amide bonds. The van der Waals surface area contributed by atoms with E-state index in [4.69, 9.17) is 0 Å². The van der Waals surface area contributed by atoms with E-state index in [-0.39, 0.29) is 5.56 Å². The van der Waals surface area contributed by atoms with Gasteiger partial charge in [0, 0.05) is 17.7 Å². The van der Waals surface area contributed by atoms with Gasteiger partial charge in [0.2, 0.25) is 0 Å². The maximum absolute atomic E-state index is 10.8. The van der Waals surface area contributed by atoms with Crippen LogP contribution in [0.1, 0.15) is 31.4 Å². The molecule has 1 saturated carbocycles. The largest absolute Gasteiger partial charge is 0.302 e. The Labute approximate surface area is 64.8 Å². The molecule has 3 nitrogen and oxygen atoms in total. The molecule has 60 valence electrons. The van der Waals surface area contributed by atoms with Crippen LogP contribution in [0.5, 0.6) is 0 Å². The van der Waals surface area contributed by atoms with Gasteiger partial charge in [-0.3, -0.25) is 9.89 Å². The smallest absolute Gasteiger partial charge is 0.264 e.